The van der Waals surface area contributed by atoms with Gasteiger partial charge in [-0.25, -0.2) is 0 Å². The highest BCUT2D eigenvalue weighted by Crippen LogP contribution is 2.18. The van der Waals surface area contributed by atoms with E-state index in [1.807, 2.05) is 0 Å². The Labute approximate surface area is 438 Å². The van der Waals surface area contributed by atoms with Crippen LogP contribution in [0.3, 0.4) is 0 Å². The van der Waals surface area contributed by atoms with E-state index >= 15 is 0 Å². The normalized spacial score (nSPS) is 12.6. The number of nitrogens with one attached hydrogen (secondary N) is 1. The molecule has 0 bridgehead atoms. The minimum Gasteiger partial charge on any atom is -0.466 e. The molecule has 0 aliphatic rings. The van der Waals surface area contributed by atoms with Gasteiger partial charge >= 0.3 is 5.97 Å². The Bertz CT molecular complexity index is 1050. The van der Waals surface area contributed by atoms with Gasteiger partial charge in [0.1, 0.15) is 0 Å². The molecule has 0 fully saturated rings. The molecule has 0 radical (unpaired) electrons. The van der Waals surface area contributed by atoms with Crippen molar-refractivity contribution in [2.24, 2.45) is 0 Å². The van der Waals surface area contributed by atoms with Crippen LogP contribution in [0.2, 0.25) is 0 Å². The fraction of sp³-hybridized carbons (Fsp3) is 0.938. The van der Waals surface area contributed by atoms with E-state index in [2.05, 4.69) is 31.3 Å². The second kappa shape index (κ2) is 60.2. The minimum absolute atomic E-state index is 0.00866. The Hall–Kier alpha value is -1.40. The van der Waals surface area contributed by atoms with Crippen LogP contribution in [-0.2, 0) is 14.3 Å². The van der Waals surface area contributed by atoms with E-state index in [0.29, 0.717) is 25.9 Å². The summed E-state index contributed by atoms with van der Waals surface area (Å²) in [6.45, 7) is 4.97. The van der Waals surface area contributed by atoms with Gasteiger partial charge in [-0.05, 0) is 51.4 Å². The lowest BCUT2D eigenvalue weighted by molar-refractivity contribution is -0.143. The molecule has 0 heterocycles. The molecule has 1 amide bonds. The van der Waals surface area contributed by atoms with Crippen molar-refractivity contribution in [3.63, 3.8) is 0 Å². The summed E-state index contributed by atoms with van der Waals surface area (Å²) in [5.41, 5.74) is 0. The number of allylic oxidation sites excluding steroid dienone is 2. The van der Waals surface area contributed by atoms with Crippen LogP contribution in [0, 0.1) is 0 Å². The van der Waals surface area contributed by atoms with Crippen molar-refractivity contribution in [2.45, 2.75) is 373 Å². The van der Waals surface area contributed by atoms with Gasteiger partial charge in [-0.2, -0.15) is 0 Å². The molecule has 2 unspecified atom stereocenters. The minimum atomic E-state index is -0.672. The predicted octanol–water partition coefficient (Wildman–Crippen LogP) is 20.0. The number of aliphatic hydroxyl groups is 2. The molecular formula is C64H125NO5. The summed E-state index contributed by atoms with van der Waals surface area (Å²) in [4.78, 5) is 24.6. The summed E-state index contributed by atoms with van der Waals surface area (Å²) in [6, 6.07) is -0.551. The molecule has 6 heteroatoms. The molecule has 416 valence electrons. The molecule has 3 N–H and O–H groups in total. The zero-order valence-corrected chi connectivity index (χ0v) is 47.5. The zero-order valence-electron chi connectivity index (χ0n) is 47.5. The first-order chi connectivity index (χ1) is 34.5. The Morgan fingerprint density at radius 2 is 0.671 bits per heavy atom. The number of carbonyl (C=O) groups excluding carboxylic acids is 2. The molecule has 0 saturated heterocycles. The van der Waals surface area contributed by atoms with Crippen molar-refractivity contribution < 1.29 is 24.5 Å². The van der Waals surface area contributed by atoms with Crippen LogP contribution in [0.15, 0.2) is 12.2 Å². The molecule has 0 aliphatic carbocycles. The van der Waals surface area contributed by atoms with Gasteiger partial charge in [-0.3, -0.25) is 9.59 Å². The Morgan fingerprint density at radius 1 is 0.386 bits per heavy atom. The van der Waals surface area contributed by atoms with Crippen LogP contribution >= 0.6 is 0 Å². The number of ether oxygens (including phenoxy) is 1. The first-order valence-electron chi connectivity index (χ1n) is 31.9. The topological polar surface area (TPSA) is 95.9 Å². The van der Waals surface area contributed by atoms with Crippen LogP contribution in [0.25, 0.3) is 0 Å². The zero-order chi connectivity index (χ0) is 50.7. The van der Waals surface area contributed by atoms with Crippen molar-refractivity contribution in [1.29, 1.82) is 0 Å². The quantitative estimate of drug-likeness (QED) is 0.0321. The number of hydrogen-bond donors (Lipinski definition) is 3. The van der Waals surface area contributed by atoms with E-state index in [-0.39, 0.29) is 18.5 Å². The average molecular weight is 989 g/mol. The standard InChI is InChI=1S/C64H125NO5/c1-3-5-7-9-11-13-15-17-19-21-22-26-30-34-38-42-46-50-54-58-64(69)70-59-55-51-47-43-39-35-31-27-24-23-25-29-33-37-41-45-49-53-57-63(68)65-61(60-66)62(67)56-52-48-44-40-36-32-28-20-18-16-14-12-10-8-6-4-2/h25,29,61-62,66-67H,3-24,26-28,30-60H2,1-2H3,(H,65,68)/b29-25-. The first kappa shape index (κ1) is 68.6. The van der Waals surface area contributed by atoms with Crippen LogP contribution in [0.5, 0.6) is 0 Å². The van der Waals surface area contributed by atoms with Crippen molar-refractivity contribution >= 4 is 11.9 Å². The molecule has 0 aromatic rings. The molecule has 0 aliphatic heterocycles. The molecule has 0 spiro atoms. The van der Waals surface area contributed by atoms with Gasteiger partial charge in [0, 0.05) is 12.8 Å². The third-order valence-electron chi connectivity index (χ3n) is 15.1. The fourth-order valence-electron chi connectivity index (χ4n) is 10.2. The first-order valence-corrected chi connectivity index (χ1v) is 31.9. The maximum absolute atomic E-state index is 12.5. The monoisotopic (exact) mass is 988 g/mol. The highest BCUT2D eigenvalue weighted by atomic mass is 16.5. The van der Waals surface area contributed by atoms with Crippen LogP contribution in [0.1, 0.15) is 361 Å². The van der Waals surface area contributed by atoms with Crippen LogP contribution in [-0.4, -0.2) is 47.4 Å². The molecule has 0 rings (SSSR count). The second-order valence-electron chi connectivity index (χ2n) is 22.1. The molecule has 0 aromatic heterocycles. The summed E-state index contributed by atoms with van der Waals surface area (Å²) in [7, 11) is 0. The molecule has 2 atom stereocenters. The summed E-state index contributed by atoms with van der Waals surface area (Å²) >= 11 is 0. The third-order valence-corrected chi connectivity index (χ3v) is 15.1. The van der Waals surface area contributed by atoms with E-state index in [0.717, 1.165) is 51.4 Å². The summed E-state index contributed by atoms with van der Waals surface area (Å²) in [5.74, 6) is -0.0377. The van der Waals surface area contributed by atoms with Gasteiger partial charge < -0.3 is 20.3 Å². The lowest BCUT2D eigenvalue weighted by Crippen LogP contribution is -2.45. The van der Waals surface area contributed by atoms with Gasteiger partial charge in [0.2, 0.25) is 5.91 Å². The smallest absolute Gasteiger partial charge is 0.305 e. The van der Waals surface area contributed by atoms with Crippen LogP contribution < -0.4 is 5.32 Å². The van der Waals surface area contributed by atoms with Gasteiger partial charge in [-0.1, -0.05) is 309 Å². The molecule has 0 aromatic carbocycles. The average Bonchev–Trinajstić information content (AvgIpc) is 3.36. The molecule has 6 nitrogen and oxygen atoms in total. The Morgan fingerprint density at radius 3 is 1.01 bits per heavy atom. The van der Waals surface area contributed by atoms with Gasteiger partial charge in [0.25, 0.3) is 0 Å². The SMILES string of the molecule is CCCCCCCCCCCCCCCCCCCCCC(=O)OCCCCCCCCCCC/C=C\CCCCCCCC(=O)NC(CO)C(O)CCCCCCCCCCCCCCCCCC. The van der Waals surface area contributed by atoms with E-state index < -0.39 is 12.1 Å². The summed E-state index contributed by atoms with van der Waals surface area (Å²) in [5, 5.41) is 23.3. The maximum Gasteiger partial charge on any atom is 0.305 e. The molecule has 0 saturated carbocycles. The fourth-order valence-corrected chi connectivity index (χ4v) is 10.2. The number of amides is 1. The Kier molecular flexibility index (Phi) is 59.0. The van der Waals surface area contributed by atoms with Gasteiger partial charge in [0.15, 0.2) is 0 Å². The van der Waals surface area contributed by atoms with E-state index in [9.17, 15) is 19.8 Å². The van der Waals surface area contributed by atoms with Crippen molar-refractivity contribution in [3.05, 3.63) is 12.2 Å². The third kappa shape index (κ3) is 55.9. The number of carbonyl (C=O) groups is 2. The number of rotatable bonds is 60. The summed E-state index contributed by atoms with van der Waals surface area (Å²) < 4.78 is 5.50. The van der Waals surface area contributed by atoms with Crippen molar-refractivity contribution in [2.75, 3.05) is 13.2 Å². The van der Waals surface area contributed by atoms with Crippen molar-refractivity contribution in [1.82, 2.24) is 5.32 Å². The molecular weight excluding hydrogens is 863 g/mol. The highest BCUT2D eigenvalue weighted by Gasteiger charge is 2.20. The van der Waals surface area contributed by atoms with Gasteiger partial charge in [0.05, 0.1) is 25.4 Å². The van der Waals surface area contributed by atoms with Gasteiger partial charge in [-0.15, -0.1) is 0 Å². The number of aliphatic hydroxyl groups excluding tert-OH is 2. The number of unbranched alkanes of at least 4 members (excludes halogenated alkanes) is 47. The lowest BCUT2D eigenvalue weighted by Gasteiger charge is -2.22. The van der Waals surface area contributed by atoms with Crippen molar-refractivity contribution in [3.8, 4) is 0 Å². The molecule has 70 heavy (non-hydrogen) atoms. The number of esters is 1. The maximum atomic E-state index is 12.5. The van der Waals surface area contributed by atoms with E-state index in [1.165, 1.54) is 276 Å². The summed E-state index contributed by atoms with van der Waals surface area (Å²) in [6.07, 6.45) is 72.2. The van der Waals surface area contributed by atoms with E-state index in [4.69, 9.17) is 4.74 Å². The van der Waals surface area contributed by atoms with E-state index in [1.54, 1.807) is 0 Å². The number of hydrogen-bond acceptors (Lipinski definition) is 5. The Balaban J connectivity index is 3.41. The largest absolute Gasteiger partial charge is 0.466 e. The highest BCUT2D eigenvalue weighted by molar-refractivity contribution is 5.76. The second-order valence-corrected chi connectivity index (χ2v) is 22.1. The van der Waals surface area contributed by atoms with Crippen LogP contribution in [0.4, 0.5) is 0 Å². The predicted molar refractivity (Wildman–Crippen MR) is 306 cm³/mol. The lowest BCUT2D eigenvalue weighted by atomic mass is 10.0.